The van der Waals surface area contributed by atoms with Crippen molar-refractivity contribution in [3.05, 3.63) is 33.3 Å². The molecule has 0 aliphatic rings. The Balaban J connectivity index is 3.07. The molecular formula is C8H4BBrClF3. The number of hydrogen-bond donors (Lipinski definition) is 0. The van der Waals surface area contributed by atoms with Crippen LogP contribution in [-0.4, -0.2) is 14.0 Å². The molecule has 0 amide bonds. The van der Waals surface area contributed by atoms with Crippen molar-refractivity contribution >= 4 is 35.4 Å². The van der Waals surface area contributed by atoms with E-state index in [4.69, 9.17) is 19.4 Å². The fourth-order valence-corrected chi connectivity index (χ4v) is 1.83. The second-order valence-electron chi connectivity index (χ2n) is 2.72. The van der Waals surface area contributed by atoms with Gasteiger partial charge in [0.2, 0.25) is 0 Å². The van der Waals surface area contributed by atoms with Crippen molar-refractivity contribution < 1.29 is 13.2 Å². The van der Waals surface area contributed by atoms with E-state index in [1.165, 1.54) is 18.2 Å². The molecule has 0 aliphatic carbocycles. The maximum Gasteiger partial charge on any atom is 0.388 e. The molecular weight excluding hydrogens is 279 g/mol. The molecule has 0 aliphatic heterocycles. The summed E-state index contributed by atoms with van der Waals surface area (Å²) in [5.74, 6) is -2.00. The van der Waals surface area contributed by atoms with Crippen LogP contribution in [0.15, 0.2) is 22.7 Å². The maximum absolute atomic E-state index is 12.2. The number of rotatable bonds is 1. The SMILES string of the molecule is [B]C(c1cc(Cl)cc(Br)c1)C(F)(F)F. The molecule has 0 aromatic heterocycles. The molecule has 74 valence electrons. The molecule has 0 saturated carbocycles. The first kappa shape index (κ1) is 11.9. The van der Waals surface area contributed by atoms with Gasteiger partial charge in [-0.15, -0.1) is 0 Å². The Morgan fingerprint density at radius 2 is 1.86 bits per heavy atom. The van der Waals surface area contributed by atoms with Gasteiger partial charge in [0.1, 0.15) is 0 Å². The highest BCUT2D eigenvalue weighted by atomic mass is 79.9. The van der Waals surface area contributed by atoms with E-state index in [1.54, 1.807) is 0 Å². The van der Waals surface area contributed by atoms with Gasteiger partial charge in [-0.25, -0.2) is 0 Å². The van der Waals surface area contributed by atoms with E-state index in [-0.39, 0.29) is 10.6 Å². The summed E-state index contributed by atoms with van der Waals surface area (Å²) in [6.07, 6.45) is -4.45. The molecule has 0 saturated heterocycles. The largest absolute Gasteiger partial charge is 0.388 e. The summed E-state index contributed by atoms with van der Waals surface area (Å²) in [5, 5.41) is 0.217. The summed E-state index contributed by atoms with van der Waals surface area (Å²) in [7, 11) is 5.01. The molecule has 1 atom stereocenters. The minimum Gasteiger partial charge on any atom is -0.171 e. The average Bonchev–Trinajstić information content (AvgIpc) is 1.99. The lowest BCUT2D eigenvalue weighted by Gasteiger charge is -2.16. The Kier molecular flexibility index (Phi) is 3.53. The molecule has 14 heavy (non-hydrogen) atoms. The molecule has 1 aromatic carbocycles. The van der Waals surface area contributed by atoms with Crippen LogP contribution in [0.3, 0.4) is 0 Å². The summed E-state index contributed by atoms with van der Waals surface area (Å²) in [6, 6.07) is 3.99. The van der Waals surface area contributed by atoms with E-state index in [9.17, 15) is 13.2 Å². The van der Waals surface area contributed by atoms with Crippen molar-refractivity contribution in [2.24, 2.45) is 0 Å². The van der Waals surface area contributed by atoms with Gasteiger partial charge in [-0.05, 0) is 23.8 Å². The molecule has 0 bridgehead atoms. The summed E-state index contributed by atoms with van der Waals surface area (Å²) >= 11 is 8.63. The molecule has 0 spiro atoms. The predicted octanol–water partition coefficient (Wildman–Crippen LogP) is 3.87. The smallest absolute Gasteiger partial charge is 0.171 e. The Labute approximate surface area is 94.0 Å². The maximum atomic E-state index is 12.2. The molecule has 6 heteroatoms. The van der Waals surface area contributed by atoms with Gasteiger partial charge < -0.3 is 0 Å². The zero-order chi connectivity index (χ0) is 10.9. The number of benzene rings is 1. The van der Waals surface area contributed by atoms with Gasteiger partial charge in [-0.3, -0.25) is 0 Å². The van der Waals surface area contributed by atoms with Crippen molar-refractivity contribution in [2.75, 3.05) is 0 Å². The van der Waals surface area contributed by atoms with Gasteiger partial charge in [-0.2, -0.15) is 13.2 Å². The Morgan fingerprint density at radius 3 is 2.29 bits per heavy atom. The van der Waals surface area contributed by atoms with E-state index in [0.717, 1.165) is 0 Å². The predicted molar refractivity (Wildman–Crippen MR) is 53.7 cm³/mol. The van der Waals surface area contributed by atoms with Crippen molar-refractivity contribution in [3.63, 3.8) is 0 Å². The highest BCUT2D eigenvalue weighted by molar-refractivity contribution is 9.10. The number of alkyl halides is 3. The Morgan fingerprint density at radius 1 is 1.29 bits per heavy atom. The van der Waals surface area contributed by atoms with Crippen LogP contribution in [0, 0.1) is 0 Å². The number of hydrogen-bond acceptors (Lipinski definition) is 0. The van der Waals surface area contributed by atoms with Gasteiger partial charge in [0.05, 0.1) is 7.85 Å². The van der Waals surface area contributed by atoms with Crippen LogP contribution in [0.1, 0.15) is 11.4 Å². The molecule has 1 aromatic rings. The van der Waals surface area contributed by atoms with Crippen LogP contribution >= 0.6 is 27.5 Å². The van der Waals surface area contributed by atoms with Crippen LogP contribution in [-0.2, 0) is 0 Å². The number of halogens is 5. The van der Waals surface area contributed by atoms with Gasteiger partial charge in [0, 0.05) is 15.3 Å². The highest BCUT2D eigenvalue weighted by Crippen LogP contribution is 2.34. The third kappa shape index (κ3) is 2.92. The molecule has 1 rings (SSSR count). The van der Waals surface area contributed by atoms with Crippen molar-refractivity contribution in [2.45, 2.75) is 12.0 Å². The minimum absolute atomic E-state index is 0.0584. The molecule has 0 N–H and O–H groups in total. The van der Waals surface area contributed by atoms with E-state index >= 15 is 0 Å². The first-order chi connectivity index (χ1) is 6.30. The summed E-state index contributed by atoms with van der Waals surface area (Å²) in [5.41, 5.74) is -0.0584. The molecule has 0 heterocycles. The quantitative estimate of drug-likeness (QED) is 0.686. The topological polar surface area (TPSA) is 0 Å². The summed E-state index contributed by atoms with van der Waals surface area (Å²) < 4.78 is 37.1. The molecule has 1 unspecified atom stereocenters. The lowest BCUT2D eigenvalue weighted by atomic mass is 9.80. The first-order valence-electron chi connectivity index (χ1n) is 3.59. The Bertz CT molecular complexity index is 320. The van der Waals surface area contributed by atoms with Crippen LogP contribution in [0.4, 0.5) is 13.2 Å². The molecule has 0 nitrogen and oxygen atoms in total. The standard InChI is InChI=1S/C8H4BBrClF3/c9-7(8(12,13)14)4-1-5(10)3-6(11)2-4/h1-3,7H. The second kappa shape index (κ2) is 4.15. The van der Waals surface area contributed by atoms with Crippen LogP contribution in [0.25, 0.3) is 0 Å². The zero-order valence-electron chi connectivity index (χ0n) is 6.78. The minimum atomic E-state index is -4.45. The van der Waals surface area contributed by atoms with Crippen LogP contribution < -0.4 is 0 Å². The van der Waals surface area contributed by atoms with Crippen molar-refractivity contribution in [3.8, 4) is 0 Å². The fourth-order valence-electron chi connectivity index (χ4n) is 0.944. The van der Waals surface area contributed by atoms with Crippen molar-refractivity contribution in [1.29, 1.82) is 0 Å². The van der Waals surface area contributed by atoms with Crippen LogP contribution in [0.2, 0.25) is 5.02 Å². The zero-order valence-corrected chi connectivity index (χ0v) is 9.12. The second-order valence-corrected chi connectivity index (χ2v) is 4.07. The lowest BCUT2D eigenvalue weighted by molar-refractivity contribution is -0.131. The Hall–Kier alpha value is -0.155. The summed E-state index contributed by atoms with van der Waals surface area (Å²) in [6.45, 7) is 0. The molecule has 2 radical (unpaired) electrons. The van der Waals surface area contributed by atoms with Gasteiger partial charge in [-0.1, -0.05) is 27.5 Å². The van der Waals surface area contributed by atoms with E-state index < -0.39 is 12.0 Å². The van der Waals surface area contributed by atoms with E-state index in [1.807, 2.05) is 0 Å². The third-order valence-corrected chi connectivity index (χ3v) is 2.27. The van der Waals surface area contributed by atoms with Gasteiger partial charge in [0.25, 0.3) is 0 Å². The van der Waals surface area contributed by atoms with Gasteiger partial charge >= 0.3 is 6.18 Å². The highest BCUT2D eigenvalue weighted by Gasteiger charge is 2.36. The monoisotopic (exact) mass is 282 g/mol. The normalized spacial score (nSPS) is 14.1. The van der Waals surface area contributed by atoms with Crippen LogP contribution in [0.5, 0.6) is 0 Å². The lowest BCUT2D eigenvalue weighted by Crippen LogP contribution is -2.20. The van der Waals surface area contributed by atoms with Crippen molar-refractivity contribution in [1.82, 2.24) is 0 Å². The van der Waals surface area contributed by atoms with Gasteiger partial charge in [0.15, 0.2) is 0 Å². The van der Waals surface area contributed by atoms with E-state index in [0.29, 0.717) is 4.47 Å². The third-order valence-electron chi connectivity index (χ3n) is 1.60. The van der Waals surface area contributed by atoms with E-state index in [2.05, 4.69) is 15.9 Å². The fraction of sp³-hybridized carbons (Fsp3) is 0.250. The summed E-state index contributed by atoms with van der Waals surface area (Å²) in [4.78, 5) is 0. The average molecular weight is 283 g/mol. The molecule has 0 fully saturated rings. The first-order valence-corrected chi connectivity index (χ1v) is 4.76.